The molecule has 0 spiro atoms. The number of carbonyl (C=O) groups excluding carboxylic acids is 1. The van der Waals surface area contributed by atoms with Crippen LogP contribution in [0.5, 0.6) is 0 Å². The molecule has 0 radical (unpaired) electrons. The Labute approximate surface area is 171 Å². The van der Waals surface area contributed by atoms with Crippen molar-refractivity contribution < 1.29 is 4.79 Å². The van der Waals surface area contributed by atoms with Gasteiger partial charge in [-0.2, -0.15) is 0 Å². The van der Waals surface area contributed by atoms with Crippen molar-refractivity contribution in [1.29, 1.82) is 0 Å². The summed E-state index contributed by atoms with van der Waals surface area (Å²) in [5.41, 5.74) is 2.89. The molecule has 0 unspecified atom stereocenters. The number of hydrogen-bond donors (Lipinski definition) is 1. The Morgan fingerprint density at radius 1 is 1.17 bits per heavy atom. The van der Waals surface area contributed by atoms with E-state index in [1.165, 1.54) is 0 Å². The molecule has 0 aliphatic rings. The number of benzene rings is 1. The lowest BCUT2D eigenvalue weighted by Gasteiger charge is -2.09. The molecule has 3 rings (SSSR count). The normalized spacial score (nSPS) is 11.3. The van der Waals surface area contributed by atoms with Gasteiger partial charge in [0.2, 0.25) is 5.91 Å². The SMILES string of the molecule is CCCCn1cnc2c(-c3ccccc3)cn(CC(=O)NCCC(C)C)c2c1=O. The van der Waals surface area contributed by atoms with Gasteiger partial charge in [-0.1, -0.05) is 57.5 Å². The smallest absolute Gasteiger partial charge is 0.277 e. The second-order valence-electron chi connectivity index (χ2n) is 7.86. The molecule has 0 aliphatic heterocycles. The molecule has 6 nitrogen and oxygen atoms in total. The van der Waals surface area contributed by atoms with Crippen molar-refractivity contribution in [2.24, 2.45) is 5.92 Å². The van der Waals surface area contributed by atoms with Crippen molar-refractivity contribution >= 4 is 16.9 Å². The lowest BCUT2D eigenvalue weighted by Crippen LogP contribution is -2.30. The number of unbranched alkanes of at least 4 members (excludes halogenated alkanes) is 1. The fraction of sp³-hybridized carbons (Fsp3) is 0.435. The topological polar surface area (TPSA) is 68.9 Å². The standard InChI is InChI=1S/C23H30N4O2/c1-4-5-13-26-16-25-21-19(18-9-7-6-8-10-18)14-27(22(21)23(26)29)15-20(28)24-12-11-17(2)3/h6-10,14,16-17H,4-5,11-13,15H2,1-3H3,(H,24,28). The van der Waals surface area contributed by atoms with Crippen LogP contribution < -0.4 is 10.9 Å². The van der Waals surface area contributed by atoms with E-state index in [0.717, 1.165) is 30.4 Å². The minimum Gasteiger partial charge on any atom is -0.355 e. The molecule has 154 valence electrons. The molecule has 1 N–H and O–H groups in total. The lowest BCUT2D eigenvalue weighted by atomic mass is 10.1. The van der Waals surface area contributed by atoms with Crippen LogP contribution in [0.25, 0.3) is 22.2 Å². The Morgan fingerprint density at radius 2 is 1.93 bits per heavy atom. The molecule has 6 heteroatoms. The second-order valence-corrected chi connectivity index (χ2v) is 7.86. The average Bonchev–Trinajstić information content (AvgIpc) is 3.07. The van der Waals surface area contributed by atoms with Crippen LogP contribution in [0.3, 0.4) is 0 Å². The maximum absolute atomic E-state index is 13.2. The minimum absolute atomic E-state index is 0.0921. The molecular weight excluding hydrogens is 364 g/mol. The van der Waals surface area contributed by atoms with E-state index in [9.17, 15) is 9.59 Å². The predicted molar refractivity (Wildman–Crippen MR) is 117 cm³/mol. The van der Waals surface area contributed by atoms with E-state index >= 15 is 0 Å². The maximum atomic E-state index is 13.2. The number of carbonyl (C=O) groups is 1. The Bertz CT molecular complexity index is 1020. The third-order valence-electron chi connectivity index (χ3n) is 5.04. The van der Waals surface area contributed by atoms with E-state index in [-0.39, 0.29) is 18.0 Å². The zero-order chi connectivity index (χ0) is 20.8. The van der Waals surface area contributed by atoms with E-state index < -0.39 is 0 Å². The fourth-order valence-electron chi connectivity index (χ4n) is 3.37. The van der Waals surface area contributed by atoms with Crippen LogP contribution in [0.2, 0.25) is 0 Å². The van der Waals surface area contributed by atoms with Gasteiger partial charge in [0.25, 0.3) is 5.56 Å². The fourth-order valence-corrected chi connectivity index (χ4v) is 3.37. The first-order valence-corrected chi connectivity index (χ1v) is 10.4. The van der Waals surface area contributed by atoms with Crippen LogP contribution in [0.4, 0.5) is 0 Å². The third-order valence-corrected chi connectivity index (χ3v) is 5.04. The summed E-state index contributed by atoms with van der Waals surface area (Å²) in [6.07, 6.45) is 6.34. The van der Waals surface area contributed by atoms with E-state index in [0.29, 0.717) is 30.0 Å². The van der Waals surface area contributed by atoms with Crippen molar-refractivity contribution in [1.82, 2.24) is 19.4 Å². The summed E-state index contributed by atoms with van der Waals surface area (Å²) in [4.78, 5) is 30.2. The minimum atomic E-state index is -0.0967. The Balaban J connectivity index is 2.00. The second kappa shape index (κ2) is 9.54. The van der Waals surface area contributed by atoms with E-state index in [2.05, 4.69) is 31.1 Å². The van der Waals surface area contributed by atoms with Crippen molar-refractivity contribution in [2.45, 2.75) is 53.1 Å². The molecule has 0 aliphatic carbocycles. The average molecular weight is 395 g/mol. The molecule has 0 atom stereocenters. The monoisotopic (exact) mass is 394 g/mol. The third kappa shape index (κ3) is 4.94. The molecule has 29 heavy (non-hydrogen) atoms. The number of hydrogen-bond acceptors (Lipinski definition) is 3. The highest BCUT2D eigenvalue weighted by molar-refractivity contribution is 5.93. The molecule has 0 saturated heterocycles. The Kier molecular flexibility index (Phi) is 6.86. The first-order chi connectivity index (χ1) is 14.0. The van der Waals surface area contributed by atoms with Crippen LogP contribution in [0.15, 0.2) is 47.7 Å². The van der Waals surface area contributed by atoms with Gasteiger partial charge in [-0.3, -0.25) is 14.2 Å². The van der Waals surface area contributed by atoms with E-state index in [1.807, 2.05) is 36.5 Å². The first kappa shape index (κ1) is 20.8. The van der Waals surface area contributed by atoms with Gasteiger partial charge in [-0.05, 0) is 24.3 Å². The number of fused-ring (bicyclic) bond motifs is 1. The molecule has 1 amide bonds. The predicted octanol–water partition coefficient (Wildman–Crippen LogP) is 3.83. The van der Waals surface area contributed by atoms with Gasteiger partial charge in [0.05, 0.1) is 6.33 Å². The zero-order valence-corrected chi connectivity index (χ0v) is 17.5. The van der Waals surface area contributed by atoms with Crippen LogP contribution in [-0.2, 0) is 17.9 Å². The molecule has 2 aromatic heterocycles. The van der Waals surface area contributed by atoms with Crippen LogP contribution in [-0.4, -0.2) is 26.6 Å². The summed E-state index contributed by atoms with van der Waals surface area (Å²) < 4.78 is 3.40. The van der Waals surface area contributed by atoms with Gasteiger partial charge in [0.1, 0.15) is 17.6 Å². The summed E-state index contributed by atoms with van der Waals surface area (Å²) in [6, 6.07) is 9.85. The van der Waals surface area contributed by atoms with Gasteiger partial charge in [0, 0.05) is 24.8 Å². The number of amides is 1. The summed E-state index contributed by atoms with van der Waals surface area (Å²) in [5.74, 6) is 0.438. The number of nitrogens with zero attached hydrogens (tertiary/aromatic N) is 3. The van der Waals surface area contributed by atoms with Gasteiger partial charge in [0.15, 0.2) is 0 Å². The molecular formula is C23H30N4O2. The van der Waals surface area contributed by atoms with Crippen LogP contribution in [0.1, 0.15) is 40.0 Å². The molecule has 0 saturated carbocycles. The quantitative estimate of drug-likeness (QED) is 0.600. The number of rotatable bonds is 9. The molecule has 3 aromatic rings. The number of aryl methyl sites for hydroxylation is 1. The lowest BCUT2D eigenvalue weighted by molar-refractivity contribution is -0.121. The van der Waals surface area contributed by atoms with Crippen molar-refractivity contribution in [3.05, 3.63) is 53.2 Å². The number of aromatic nitrogens is 3. The largest absolute Gasteiger partial charge is 0.355 e. The number of nitrogens with one attached hydrogen (secondary N) is 1. The van der Waals surface area contributed by atoms with E-state index in [1.54, 1.807) is 15.5 Å². The van der Waals surface area contributed by atoms with Crippen molar-refractivity contribution in [2.75, 3.05) is 6.54 Å². The Morgan fingerprint density at radius 3 is 2.62 bits per heavy atom. The summed E-state index contributed by atoms with van der Waals surface area (Å²) >= 11 is 0. The van der Waals surface area contributed by atoms with Gasteiger partial charge < -0.3 is 9.88 Å². The zero-order valence-electron chi connectivity index (χ0n) is 17.5. The van der Waals surface area contributed by atoms with Gasteiger partial charge in [-0.25, -0.2) is 4.98 Å². The molecule has 0 fully saturated rings. The van der Waals surface area contributed by atoms with Crippen LogP contribution in [0, 0.1) is 5.92 Å². The summed E-state index contributed by atoms with van der Waals surface area (Å²) in [6.45, 7) is 7.72. The summed E-state index contributed by atoms with van der Waals surface area (Å²) in [7, 11) is 0. The highest BCUT2D eigenvalue weighted by Gasteiger charge is 2.17. The highest BCUT2D eigenvalue weighted by atomic mass is 16.2. The Hall–Kier alpha value is -2.89. The van der Waals surface area contributed by atoms with Gasteiger partial charge >= 0.3 is 0 Å². The molecule has 1 aromatic carbocycles. The first-order valence-electron chi connectivity index (χ1n) is 10.4. The van der Waals surface area contributed by atoms with Crippen LogP contribution >= 0.6 is 0 Å². The van der Waals surface area contributed by atoms with Gasteiger partial charge in [-0.15, -0.1) is 0 Å². The molecule has 0 bridgehead atoms. The highest BCUT2D eigenvalue weighted by Crippen LogP contribution is 2.27. The maximum Gasteiger partial charge on any atom is 0.277 e. The van der Waals surface area contributed by atoms with Crippen molar-refractivity contribution in [3.63, 3.8) is 0 Å². The molecule has 2 heterocycles. The van der Waals surface area contributed by atoms with E-state index in [4.69, 9.17) is 0 Å². The summed E-state index contributed by atoms with van der Waals surface area (Å²) in [5, 5.41) is 2.96. The van der Waals surface area contributed by atoms with Crippen molar-refractivity contribution in [3.8, 4) is 11.1 Å².